The topological polar surface area (TPSA) is 35.6 Å². The maximum atomic E-state index is 12.2. The summed E-state index contributed by atoms with van der Waals surface area (Å²) in [7, 11) is 0. The Morgan fingerprint density at radius 3 is 2.68 bits per heavy atom. The van der Waals surface area contributed by atoms with Crippen LogP contribution in [-0.2, 0) is 4.79 Å². The molecule has 4 nitrogen and oxygen atoms in total. The molecule has 2 saturated heterocycles. The molecule has 2 aliphatic heterocycles. The van der Waals surface area contributed by atoms with E-state index in [2.05, 4.69) is 64.5 Å². The number of likely N-dealkylation sites (tertiary alicyclic amines) is 2. The van der Waals surface area contributed by atoms with E-state index in [4.69, 9.17) is 0 Å². The van der Waals surface area contributed by atoms with Gasteiger partial charge in [-0.15, -0.1) is 0 Å². The molecule has 1 N–H and O–H groups in total. The molecule has 0 bridgehead atoms. The third-order valence-electron chi connectivity index (χ3n) is 6.40. The zero-order valence-electron chi connectivity index (χ0n) is 17.5. The number of amides is 1. The average Bonchev–Trinajstić information content (AvgIpc) is 3.20. The summed E-state index contributed by atoms with van der Waals surface area (Å²) >= 11 is 0. The fourth-order valence-corrected chi connectivity index (χ4v) is 4.56. The lowest BCUT2D eigenvalue weighted by Gasteiger charge is -2.31. The first kappa shape index (κ1) is 21.1. The molecule has 1 atom stereocenters. The highest BCUT2D eigenvalue weighted by Gasteiger charge is 2.23. The number of hydrogen-bond acceptors (Lipinski definition) is 3. The second-order valence-corrected chi connectivity index (χ2v) is 8.32. The van der Waals surface area contributed by atoms with Crippen molar-refractivity contribution in [3.8, 4) is 0 Å². The Bertz CT molecular complexity index is 608. The molecule has 154 valence electrons. The van der Waals surface area contributed by atoms with Crippen LogP contribution in [-0.4, -0.2) is 61.0 Å². The van der Waals surface area contributed by atoms with Crippen LogP contribution in [0.4, 0.5) is 0 Å². The molecule has 1 aromatic rings. The molecule has 2 aliphatic rings. The maximum absolute atomic E-state index is 12.2. The largest absolute Gasteiger partial charge is 0.355 e. The zero-order chi connectivity index (χ0) is 19.6. The van der Waals surface area contributed by atoms with Crippen LogP contribution in [0.3, 0.4) is 0 Å². The quantitative estimate of drug-likeness (QED) is 0.705. The smallest absolute Gasteiger partial charge is 0.220 e. The predicted octanol–water partition coefficient (Wildman–Crippen LogP) is 3.79. The van der Waals surface area contributed by atoms with Gasteiger partial charge in [0.25, 0.3) is 0 Å². The Balaban J connectivity index is 1.27. The van der Waals surface area contributed by atoms with Gasteiger partial charge in [-0.05, 0) is 69.8 Å². The number of nitrogens with one attached hydrogen (secondary N) is 1. The second-order valence-electron chi connectivity index (χ2n) is 8.32. The number of carbonyl (C=O) groups is 1. The van der Waals surface area contributed by atoms with Crippen LogP contribution in [0.15, 0.2) is 36.4 Å². The summed E-state index contributed by atoms with van der Waals surface area (Å²) in [5.74, 6) is 0.954. The van der Waals surface area contributed by atoms with E-state index in [-0.39, 0.29) is 5.91 Å². The van der Waals surface area contributed by atoms with E-state index in [0.29, 0.717) is 18.4 Å². The van der Waals surface area contributed by atoms with Gasteiger partial charge in [-0.2, -0.15) is 0 Å². The van der Waals surface area contributed by atoms with E-state index in [1.54, 1.807) is 0 Å². The Kier molecular flexibility index (Phi) is 8.56. The maximum Gasteiger partial charge on any atom is 0.220 e. The van der Waals surface area contributed by atoms with Crippen molar-refractivity contribution in [3.63, 3.8) is 0 Å². The minimum absolute atomic E-state index is 0.246. The van der Waals surface area contributed by atoms with Crippen LogP contribution in [0.25, 0.3) is 6.08 Å². The van der Waals surface area contributed by atoms with Gasteiger partial charge in [0.15, 0.2) is 0 Å². The molecule has 1 amide bonds. The van der Waals surface area contributed by atoms with Gasteiger partial charge < -0.3 is 5.32 Å². The van der Waals surface area contributed by atoms with Crippen molar-refractivity contribution >= 4 is 12.0 Å². The van der Waals surface area contributed by atoms with Crippen molar-refractivity contribution < 1.29 is 4.79 Å². The number of benzene rings is 1. The lowest BCUT2D eigenvalue weighted by atomic mass is 9.92. The highest BCUT2D eigenvalue weighted by Crippen LogP contribution is 2.22. The highest BCUT2D eigenvalue weighted by molar-refractivity contribution is 5.75. The molecule has 3 rings (SSSR count). The average molecular weight is 384 g/mol. The van der Waals surface area contributed by atoms with Gasteiger partial charge in [0.1, 0.15) is 0 Å². The van der Waals surface area contributed by atoms with E-state index in [1.165, 1.54) is 37.8 Å². The van der Waals surface area contributed by atoms with Crippen LogP contribution < -0.4 is 5.32 Å². The number of hydrogen-bond donors (Lipinski definition) is 1. The van der Waals surface area contributed by atoms with Crippen LogP contribution >= 0.6 is 0 Å². The lowest BCUT2D eigenvalue weighted by Crippen LogP contribution is -2.40. The summed E-state index contributed by atoms with van der Waals surface area (Å²) in [6.07, 6.45) is 11.2. The van der Waals surface area contributed by atoms with Crippen LogP contribution in [0.5, 0.6) is 0 Å². The van der Waals surface area contributed by atoms with Crippen molar-refractivity contribution in [2.45, 2.75) is 51.5 Å². The third-order valence-corrected chi connectivity index (χ3v) is 6.40. The lowest BCUT2D eigenvalue weighted by molar-refractivity contribution is -0.121. The standard InChI is InChI=1S/C24H37N3O/c1-2-27-17-7-11-23(27)20-25-24(28)13-12-22-14-18-26(19-15-22)16-6-10-21-8-4-3-5-9-21/h3-6,8-10,22-23H,2,7,11-20H2,1H3,(H,25,28)/b10-6+. The fourth-order valence-electron chi connectivity index (χ4n) is 4.56. The van der Waals surface area contributed by atoms with Gasteiger partial charge in [-0.25, -0.2) is 0 Å². The van der Waals surface area contributed by atoms with E-state index in [0.717, 1.165) is 39.1 Å². The van der Waals surface area contributed by atoms with Crippen molar-refractivity contribution in [3.05, 3.63) is 42.0 Å². The van der Waals surface area contributed by atoms with Gasteiger partial charge in [0.05, 0.1) is 0 Å². The Morgan fingerprint density at radius 2 is 1.93 bits per heavy atom. The van der Waals surface area contributed by atoms with Gasteiger partial charge in [-0.1, -0.05) is 49.4 Å². The molecular formula is C24H37N3O. The SMILES string of the molecule is CCN1CCCC1CNC(=O)CCC1CCN(C/C=C/c2ccccc2)CC1. The van der Waals surface area contributed by atoms with E-state index < -0.39 is 0 Å². The third kappa shape index (κ3) is 6.75. The van der Waals surface area contributed by atoms with Crippen LogP contribution in [0.2, 0.25) is 0 Å². The Labute approximate surface area is 171 Å². The summed E-state index contributed by atoms with van der Waals surface area (Å²) < 4.78 is 0. The molecule has 1 aromatic carbocycles. The molecule has 0 spiro atoms. The van der Waals surface area contributed by atoms with Crippen molar-refractivity contribution in [2.24, 2.45) is 5.92 Å². The summed E-state index contributed by atoms with van der Waals surface area (Å²) in [6, 6.07) is 11.0. The monoisotopic (exact) mass is 383 g/mol. The van der Waals surface area contributed by atoms with E-state index >= 15 is 0 Å². The van der Waals surface area contributed by atoms with E-state index in [9.17, 15) is 4.79 Å². The summed E-state index contributed by atoms with van der Waals surface area (Å²) in [5.41, 5.74) is 1.27. The molecule has 4 heteroatoms. The summed E-state index contributed by atoms with van der Waals surface area (Å²) in [6.45, 7) is 8.66. The molecular weight excluding hydrogens is 346 g/mol. The Hall–Kier alpha value is -1.65. The van der Waals surface area contributed by atoms with Crippen molar-refractivity contribution in [1.82, 2.24) is 15.1 Å². The minimum Gasteiger partial charge on any atom is -0.355 e. The van der Waals surface area contributed by atoms with Gasteiger partial charge in [0.2, 0.25) is 5.91 Å². The molecule has 2 heterocycles. The molecule has 0 aromatic heterocycles. The zero-order valence-corrected chi connectivity index (χ0v) is 17.5. The summed E-state index contributed by atoms with van der Waals surface area (Å²) in [5, 5.41) is 3.18. The number of likely N-dealkylation sites (N-methyl/N-ethyl adjacent to an activating group) is 1. The number of carbonyl (C=O) groups excluding carboxylic acids is 1. The van der Waals surface area contributed by atoms with Gasteiger partial charge in [-0.3, -0.25) is 14.6 Å². The minimum atomic E-state index is 0.246. The van der Waals surface area contributed by atoms with Gasteiger partial charge in [0, 0.05) is 25.6 Å². The first-order valence-corrected chi connectivity index (χ1v) is 11.2. The molecule has 2 fully saturated rings. The van der Waals surface area contributed by atoms with Gasteiger partial charge >= 0.3 is 0 Å². The number of piperidine rings is 1. The number of nitrogens with zero attached hydrogens (tertiary/aromatic N) is 2. The van der Waals surface area contributed by atoms with E-state index in [1.807, 2.05) is 0 Å². The second kappa shape index (κ2) is 11.4. The van der Waals surface area contributed by atoms with Crippen LogP contribution in [0.1, 0.15) is 51.0 Å². The summed E-state index contributed by atoms with van der Waals surface area (Å²) in [4.78, 5) is 17.2. The predicted molar refractivity (Wildman–Crippen MR) is 117 cm³/mol. The van der Waals surface area contributed by atoms with Crippen LogP contribution in [0, 0.1) is 5.92 Å². The molecule has 28 heavy (non-hydrogen) atoms. The first-order valence-electron chi connectivity index (χ1n) is 11.2. The van der Waals surface area contributed by atoms with Crippen molar-refractivity contribution in [2.75, 3.05) is 39.3 Å². The molecule has 0 radical (unpaired) electrons. The highest BCUT2D eigenvalue weighted by atomic mass is 16.1. The molecule has 0 aliphatic carbocycles. The first-order chi connectivity index (χ1) is 13.7. The van der Waals surface area contributed by atoms with Crippen molar-refractivity contribution in [1.29, 1.82) is 0 Å². The number of rotatable bonds is 9. The normalized spacial score (nSPS) is 22.1. The molecule has 0 saturated carbocycles. The fraction of sp³-hybridized carbons (Fsp3) is 0.625. The Morgan fingerprint density at radius 1 is 1.14 bits per heavy atom. The molecule has 1 unspecified atom stereocenters.